The van der Waals surface area contributed by atoms with Gasteiger partial charge in [-0.3, -0.25) is 14.2 Å². The zero-order valence-corrected chi connectivity index (χ0v) is 17.1. The van der Waals surface area contributed by atoms with Crippen molar-refractivity contribution in [2.24, 2.45) is 7.05 Å². The highest BCUT2D eigenvalue weighted by Crippen LogP contribution is 2.24. The van der Waals surface area contributed by atoms with Crippen molar-refractivity contribution in [1.29, 1.82) is 0 Å². The van der Waals surface area contributed by atoms with Crippen LogP contribution in [0, 0.1) is 0 Å². The van der Waals surface area contributed by atoms with Gasteiger partial charge in [0.15, 0.2) is 5.16 Å². The van der Waals surface area contributed by atoms with E-state index in [0.29, 0.717) is 22.6 Å². The van der Waals surface area contributed by atoms with E-state index in [1.54, 1.807) is 7.05 Å². The maximum atomic E-state index is 12.9. The van der Waals surface area contributed by atoms with Crippen molar-refractivity contribution in [1.82, 2.24) is 14.9 Å². The Morgan fingerprint density at radius 2 is 1.72 bits per heavy atom. The maximum Gasteiger partial charge on any atom is 0.261 e. The lowest BCUT2D eigenvalue weighted by Gasteiger charge is -2.14. The van der Waals surface area contributed by atoms with E-state index in [4.69, 9.17) is 0 Å². The molecule has 146 valence electrons. The van der Waals surface area contributed by atoms with Crippen molar-refractivity contribution in [3.63, 3.8) is 0 Å². The average Bonchev–Trinajstić information content (AvgIpc) is 2.75. The minimum atomic E-state index is -0.380. The van der Waals surface area contributed by atoms with Gasteiger partial charge < -0.3 is 5.32 Å². The fourth-order valence-electron chi connectivity index (χ4n) is 3.18. The summed E-state index contributed by atoms with van der Waals surface area (Å²) < 4.78 is 1.52. The van der Waals surface area contributed by atoms with Crippen LogP contribution < -0.4 is 10.9 Å². The Balaban J connectivity index is 1.58. The topological polar surface area (TPSA) is 64.0 Å². The molecule has 0 radical (unpaired) electrons. The summed E-state index contributed by atoms with van der Waals surface area (Å²) >= 11 is 1.29. The Hall–Kier alpha value is -3.12. The van der Waals surface area contributed by atoms with Crippen molar-refractivity contribution in [3.05, 3.63) is 82.6 Å². The second-order valence-corrected chi connectivity index (χ2v) is 8.25. The van der Waals surface area contributed by atoms with E-state index in [0.717, 1.165) is 16.3 Å². The maximum absolute atomic E-state index is 12.9. The highest BCUT2D eigenvalue weighted by molar-refractivity contribution is 8.00. The number of amides is 1. The lowest BCUT2D eigenvalue weighted by molar-refractivity contribution is -0.120. The molecular weight excluding hydrogens is 382 g/mol. The number of nitrogens with one attached hydrogen (secondary N) is 1. The normalized spacial score (nSPS) is 12.2. The summed E-state index contributed by atoms with van der Waals surface area (Å²) in [6, 6.07) is 21.5. The number of benzene rings is 3. The van der Waals surface area contributed by atoms with Gasteiger partial charge in [0.25, 0.3) is 5.56 Å². The molecule has 0 aliphatic rings. The third-order valence-corrected chi connectivity index (χ3v) is 6.01. The molecule has 4 rings (SSSR count). The molecular formula is C23H21N3O2S. The summed E-state index contributed by atoms with van der Waals surface area (Å²) in [5, 5.41) is 5.71. The number of rotatable bonds is 5. The van der Waals surface area contributed by atoms with Crippen LogP contribution in [0.5, 0.6) is 0 Å². The largest absolute Gasteiger partial charge is 0.351 e. The van der Waals surface area contributed by atoms with E-state index in [9.17, 15) is 9.59 Å². The molecule has 0 aliphatic carbocycles. The molecule has 1 atom stereocenters. The second kappa shape index (κ2) is 8.09. The fraction of sp³-hybridized carbons (Fsp3) is 0.174. The van der Waals surface area contributed by atoms with Crippen LogP contribution in [0.3, 0.4) is 0 Å². The summed E-state index contributed by atoms with van der Waals surface area (Å²) in [6.07, 6.45) is 0. The number of carbonyl (C=O) groups is 1. The predicted octanol–water partition coefficient (Wildman–Crippen LogP) is 3.88. The molecule has 1 N–H and O–H groups in total. The molecule has 0 saturated heterocycles. The number of carbonyl (C=O) groups excluding carboxylic acids is 1. The van der Waals surface area contributed by atoms with Crippen LogP contribution in [0.15, 0.2) is 76.7 Å². The van der Waals surface area contributed by atoms with Gasteiger partial charge in [-0.1, -0.05) is 66.4 Å². The van der Waals surface area contributed by atoms with Crippen LogP contribution in [-0.4, -0.2) is 20.7 Å². The molecule has 0 fully saturated rings. The fourth-order valence-corrected chi connectivity index (χ4v) is 4.08. The lowest BCUT2D eigenvalue weighted by atomic mass is 10.1. The van der Waals surface area contributed by atoms with Crippen LogP contribution in [-0.2, 0) is 18.4 Å². The SMILES string of the molecule is C[C@@H](Sc1nc2cc3ccccc3cc2c(=O)n1C)C(=O)NCc1ccccc1. The molecule has 4 aromatic rings. The first-order chi connectivity index (χ1) is 14.0. The van der Waals surface area contributed by atoms with Gasteiger partial charge in [0.05, 0.1) is 16.2 Å². The van der Waals surface area contributed by atoms with Crippen LogP contribution in [0.2, 0.25) is 0 Å². The van der Waals surface area contributed by atoms with Crippen LogP contribution in [0.25, 0.3) is 21.7 Å². The Morgan fingerprint density at radius 3 is 2.45 bits per heavy atom. The van der Waals surface area contributed by atoms with Crippen molar-refractivity contribution in [3.8, 4) is 0 Å². The molecule has 0 bridgehead atoms. The number of hydrogen-bond donors (Lipinski definition) is 1. The summed E-state index contributed by atoms with van der Waals surface area (Å²) in [5.41, 5.74) is 1.58. The number of fused-ring (bicyclic) bond motifs is 2. The average molecular weight is 404 g/mol. The molecule has 6 heteroatoms. The standard InChI is InChI=1S/C23H21N3O2S/c1-15(21(27)24-14-16-8-4-3-5-9-16)29-23-25-20-13-18-11-7-6-10-17(18)12-19(20)22(28)26(23)2/h3-13,15H,14H2,1-2H3,(H,24,27)/t15-/m1/s1. The second-order valence-electron chi connectivity index (χ2n) is 6.94. The van der Waals surface area contributed by atoms with Gasteiger partial charge in [-0.05, 0) is 35.4 Å². The lowest BCUT2D eigenvalue weighted by Crippen LogP contribution is -2.31. The van der Waals surface area contributed by atoms with Gasteiger partial charge in [0.1, 0.15) is 0 Å². The summed E-state index contributed by atoms with van der Waals surface area (Å²) in [6.45, 7) is 2.29. The zero-order chi connectivity index (χ0) is 20.4. The molecule has 5 nitrogen and oxygen atoms in total. The number of thioether (sulfide) groups is 1. The molecule has 0 unspecified atom stereocenters. The molecule has 0 aliphatic heterocycles. The van der Waals surface area contributed by atoms with Gasteiger partial charge in [-0.15, -0.1) is 0 Å². The monoisotopic (exact) mass is 403 g/mol. The van der Waals surface area contributed by atoms with E-state index in [2.05, 4.69) is 10.3 Å². The highest BCUT2D eigenvalue weighted by atomic mass is 32.2. The van der Waals surface area contributed by atoms with E-state index in [-0.39, 0.29) is 16.7 Å². The van der Waals surface area contributed by atoms with Crippen molar-refractivity contribution in [2.75, 3.05) is 0 Å². The van der Waals surface area contributed by atoms with E-state index >= 15 is 0 Å². The summed E-state index contributed by atoms with van der Waals surface area (Å²) in [7, 11) is 1.70. The molecule has 1 heterocycles. The van der Waals surface area contributed by atoms with E-state index in [1.807, 2.05) is 73.7 Å². The quantitative estimate of drug-likeness (QED) is 0.312. The first-order valence-electron chi connectivity index (χ1n) is 9.41. The molecule has 29 heavy (non-hydrogen) atoms. The number of aromatic nitrogens is 2. The van der Waals surface area contributed by atoms with Gasteiger partial charge in [-0.25, -0.2) is 4.98 Å². The van der Waals surface area contributed by atoms with Crippen molar-refractivity contribution >= 4 is 39.3 Å². The molecule has 1 amide bonds. The Labute approximate surface area is 172 Å². The minimum absolute atomic E-state index is 0.0910. The van der Waals surface area contributed by atoms with Gasteiger partial charge in [0.2, 0.25) is 5.91 Å². The number of hydrogen-bond acceptors (Lipinski definition) is 4. The highest BCUT2D eigenvalue weighted by Gasteiger charge is 2.18. The Morgan fingerprint density at radius 1 is 1.07 bits per heavy atom. The zero-order valence-electron chi connectivity index (χ0n) is 16.3. The third-order valence-electron chi connectivity index (χ3n) is 4.86. The van der Waals surface area contributed by atoms with Gasteiger partial charge >= 0.3 is 0 Å². The van der Waals surface area contributed by atoms with Crippen LogP contribution in [0.4, 0.5) is 0 Å². The summed E-state index contributed by atoms with van der Waals surface area (Å²) in [5.74, 6) is -0.0910. The smallest absolute Gasteiger partial charge is 0.261 e. The molecule has 3 aromatic carbocycles. The minimum Gasteiger partial charge on any atom is -0.351 e. The van der Waals surface area contributed by atoms with Crippen molar-refractivity contribution < 1.29 is 4.79 Å². The first-order valence-corrected chi connectivity index (χ1v) is 10.3. The third kappa shape index (κ3) is 4.03. The molecule has 0 spiro atoms. The Kier molecular flexibility index (Phi) is 5.36. The molecule has 1 aromatic heterocycles. The van der Waals surface area contributed by atoms with Gasteiger partial charge in [0, 0.05) is 13.6 Å². The van der Waals surface area contributed by atoms with E-state index < -0.39 is 0 Å². The van der Waals surface area contributed by atoms with Crippen LogP contribution >= 0.6 is 11.8 Å². The first kappa shape index (κ1) is 19.2. The predicted molar refractivity (Wildman–Crippen MR) is 118 cm³/mol. The molecule has 0 saturated carbocycles. The number of nitrogens with zero attached hydrogens (tertiary/aromatic N) is 2. The summed E-state index contributed by atoms with van der Waals surface area (Å²) in [4.78, 5) is 30.0. The Bertz CT molecular complexity index is 1250. The van der Waals surface area contributed by atoms with Crippen LogP contribution in [0.1, 0.15) is 12.5 Å². The van der Waals surface area contributed by atoms with E-state index in [1.165, 1.54) is 16.3 Å². The van der Waals surface area contributed by atoms with Crippen molar-refractivity contribution in [2.45, 2.75) is 23.9 Å². The van der Waals surface area contributed by atoms with Gasteiger partial charge in [-0.2, -0.15) is 0 Å².